The first-order chi connectivity index (χ1) is 11.3. The van der Waals surface area contributed by atoms with E-state index >= 15 is 0 Å². The summed E-state index contributed by atoms with van der Waals surface area (Å²) in [6, 6.07) is 21.7. The van der Waals surface area contributed by atoms with Gasteiger partial charge in [-0.2, -0.15) is 0 Å². The van der Waals surface area contributed by atoms with Crippen LogP contribution in [0.25, 0.3) is 33.2 Å². The van der Waals surface area contributed by atoms with Gasteiger partial charge in [0.25, 0.3) is 0 Å². The monoisotopic (exact) mass is 442 g/mol. The fourth-order valence-electron chi connectivity index (χ4n) is 3.49. The first kappa shape index (κ1) is 15.6. The summed E-state index contributed by atoms with van der Waals surface area (Å²) >= 11 is 1.60. The zero-order valence-corrected chi connectivity index (χ0v) is 16.0. The number of halogens is 1. The van der Waals surface area contributed by atoms with Crippen LogP contribution in [0.4, 0.5) is 5.13 Å². The molecule has 24 heavy (non-hydrogen) atoms. The topological polar surface area (TPSA) is 38.9 Å². The van der Waals surface area contributed by atoms with Crippen LogP contribution in [-0.4, -0.2) is 4.98 Å². The lowest BCUT2D eigenvalue weighted by Gasteiger charge is -2.09. The summed E-state index contributed by atoms with van der Waals surface area (Å²) < 4.78 is 0. The molecule has 1 aliphatic rings. The minimum absolute atomic E-state index is 0. The van der Waals surface area contributed by atoms with Crippen LogP contribution < -0.4 is 5.73 Å². The summed E-state index contributed by atoms with van der Waals surface area (Å²) in [6.07, 6.45) is 0.943. The zero-order chi connectivity index (χ0) is 15.4. The highest BCUT2D eigenvalue weighted by molar-refractivity contribution is 14.0. The molecule has 118 valence electrons. The summed E-state index contributed by atoms with van der Waals surface area (Å²) in [6.45, 7) is 0. The van der Waals surface area contributed by atoms with Crippen molar-refractivity contribution in [3.8, 4) is 22.4 Å². The Labute approximate surface area is 161 Å². The number of thiazole rings is 1. The van der Waals surface area contributed by atoms with E-state index in [1.54, 1.807) is 11.3 Å². The average molecular weight is 442 g/mol. The Bertz CT molecular complexity index is 1060. The Hall–Kier alpha value is -1.92. The first-order valence-electron chi connectivity index (χ1n) is 7.66. The SMILES string of the molecule is I.Nc1nc2c(s1)Cc1cc(-c3cccc4ccccc34)ccc1-2. The van der Waals surface area contributed by atoms with Crippen molar-refractivity contribution in [3.63, 3.8) is 0 Å². The number of anilines is 1. The van der Waals surface area contributed by atoms with E-state index in [1.807, 2.05) is 0 Å². The van der Waals surface area contributed by atoms with Crippen molar-refractivity contribution in [2.24, 2.45) is 0 Å². The van der Waals surface area contributed by atoms with Crippen LogP contribution in [0.15, 0.2) is 60.7 Å². The summed E-state index contributed by atoms with van der Waals surface area (Å²) in [4.78, 5) is 5.77. The predicted octanol–water partition coefficient (Wildman–Crippen LogP) is 5.73. The standard InChI is InChI=1S/C20H14N2S.HI/c21-20-22-19-17-9-8-13(10-14(17)11-18(19)23-20)16-7-3-5-12-4-1-2-6-15(12)16;/h1-10H,11H2,(H2,21,22);1H. The molecule has 1 heterocycles. The second-order valence-corrected chi connectivity index (χ2v) is 7.01. The maximum atomic E-state index is 5.84. The van der Waals surface area contributed by atoms with E-state index in [0.717, 1.165) is 12.1 Å². The molecule has 0 fully saturated rings. The molecular weight excluding hydrogens is 427 g/mol. The average Bonchev–Trinajstić information content (AvgIpc) is 3.09. The first-order valence-corrected chi connectivity index (χ1v) is 8.48. The molecule has 0 amide bonds. The third-order valence-corrected chi connectivity index (χ3v) is 5.41. The number of aromatic nitrogens is 1. The Morgan fingerprint density at radius 3 is 2.67 bits per heavy atom. The van der Waals surface area contributed by atoms with Gasteiger partial charge in [0.05, 0.1) is 5.69 Å². The quantitative estimate of drug-likeness (QED) is 0.337. The number of nitrogens with two attached hydrogens (primary N) is 1. The van der Waals surface area contributed by atoms with Gasteiger partial charge in [-0.05, 0) is 27.5 Å². The molecule has 0 aliphatic heterocycles. The van der Waals surface area contributed by atoms with Gasteiger partial charge in [0.1, 0.15) is 0 Å². The van der Waals surface area contributed by atoms with E-state index in [-0.39, 0.29) is 24.0 Å². The van der Waals surface area contributed by atoms with E-state index in [9.17, 15) is 0 Å². The van der Waals surface area contributed by atoms with Crippen LogP contribution in [0, 0.1) is 0 Å². The number of hydrogen-bond acceptors (Lipinski definition) is 3. The Kier molecular flexibility index (Phi) is 3.81. The maximum absolute atomic E-state index is 5.84. The van der Waals surface area contributed by atoms with Gasteiger partial charge in [-0.15, -0.1) is 35.3 Å². The molecule has 4 heteroatoms. The molecule has 0 bridgehead atoms. The molecule has 0 saturated carbocycles. The van der Waals surface area contributed by atoms with Crippen molar-refractivity contribution in [3.05, 3.63) is 71.1 Å². The van der Waals surface area contributed by atoms with Gasteiger partial charge in [0, 0.05) is 16.9 Å². The van der Waals surface area contributed by atoms with Crippen LogP contribution in [0.1, 0.15) is 10.4 Å². The number of benzene rings is 3. The predicted molar refractivity (Wildman–Crippen MR) is 113 cm³/mol. The minimum atomic E-state index is 0. The molecule has 3 aromatic carbocycles. The van der Waals surface area contributed by atoms with E-state index in [2.05, 4.69) is 65.6 Å². The molecule has 0 unspecified atom stereocenters. The fourth-order valence-corrected chi connectivity index (χ4v) is 4.36. The van der Waals surface area contributed by atoms with Gasteiger partial charge in [-0.25, -0.2) is 4.98 Å². The Morgan fingerprint density at radius 2 is 1.75 bits per heavy atom. The molecule has 1 aromatic heterocycles. The smallest absolute Gasteiger partial charge is 0.180 e. The van der Waals surface area contributed by atoms with Gasteiger partial charge >= 0.3 is 0 Å². The third-order valence-electron chi connectivity index (χ3n) is 4.53. The lowest BCUT2D eigenvalue weighted by atomic mass is 9.95. The normalized spacial score (nSPS) is 11.8. The lowest BCUT2D eigenvalue weighted by Crippen LogP contribution is -1.87. The van der Waals surface area contributed by atoms with Crippen LogP contribution in [0.5, 0.6) is 0 Å². The highest BCUT2D eigenvalue weighted by atomic mass is 127. The summed E-state index contributed by atoms with van der Waals surface area (Å²) in [5, 5.41) is 3.24. The van der Waals surface area contributed by atoms with Crippen molar-refractivity contribution in [1.82, 2.24) is 4.98 Å². The molecule has 1 aliphatic carbocycles. The Morgan fingerprint density at radius 1 is 0.917 bits per heavy atom. The second kappa shape index (κ2) is 5.86. The van der Waals surface area contributed by atoms with Crippen LogP contribution >= 0.6 is 35.3 Å². The third kappa shape index (κ3) is 2.32. The summed E-state index contributed by atoms with van der Waals surface area (Å²) in [5.41, 5.74) is 12.0. The summed E-state index contributed by atoms with van der Waals surface area (Å²) in [5.74, 6) is 0. The van der Waals surface area contributed by atoms with Crippen LogP contribution in [0.2, 0.25) is 0 Å². The van der Waals surface area contributed by atoms with Gasteiger partial charge in [-0.1, -0.05) is 60.7 Å². The summed E-state index contributed by atoms with van der Waals surface area (Å²) in [7, 11) is 0. The maximum Gasteiger partial charge on any atom is 0.180 e. The number of nitrogen functional groups attached to an aromatic ring is 1. The lowest BCUT2D eigenvalue weighted by molar-refractivity contribution is 1.31. The van der Waals surface area contributed by atoms with Crippen molar-refractivity contribution >= 4 is 51.2 Å². The van der Waals surface area contributed by atoms with Gasteiger partial charge < -0.3 is 5.73 Å². The van der Waals surface area contributed by atoms with E-state index in [4.69, 9.17) is 5.73 Å². The zero-order valence-electron chi connectivity index (χ0n) is 12.8. The Balaban J connectivity index is 0.00000146. The van der Waals surface area contributed by atoms with Gasteiger partial charge in [-0.3, -0.25) is 0 Å². The number of rotatable bonds is 1. The van der Waals surface area contributed by atoms with E-state index < -0.39 is 0 Å². The highest BCUT2D eigenvalue weighted by Crippen LogP contribution is 2.42. The molecule has 0 saturated heterocycles. The van der Waals surface area contributed by atoms with Crippen molar-refractivity contribution in [1.29, 1.82) is 0 Å². The largest absolute Gasteiger partial charge is 0.375 e. The van der Waals surface area contributed by atoms with Gasteiger partial charge in [0.15, 0.2) is 5.13 Å². The molecule has 5 rings (SSSR count). The molecule has 4 aromatic rings. The number of nitrogens with zero attached hydrogens (tertiary/aromatic N) is 1. The van der Waals surface area contributed by atoms with E-state index in [0.29, 0.717) is 5.13 Å². The molecule has 0 radical (unpaired) electrons. The fraction of sp³-hybridized carbons (Fsp3) is 0.0500. The minimum Gasteiger partial charge on any atom is -0.375 e. The molecular formula is C20H15IN2S. The molecule has 0 atom stereocenters. The van der Waals surface area contributed by atoms with Gasteiger partial charge in [0.2, 0.25) is 0 Å². The van der Waals surface area contributed by atoms with Crippen molar-refractivity contribution in [2.75, 3.05) is 5.73 Å². The van der Waals surface area contributed by atoms with E-state index in [1.165, 1.54) is 37.9 Å². The highest BCUT2D eigenvalue weighted by Gasteiger charge is 2.23. The van der Waals surface area contributed by atoms with Crippen LogP contribution in [0.3, 0.4) is 0 Å². The van der Waals surface area contributed by atoms with Crippen molar-refractivity contribution in [2.45, 2.75) is 6.42 Å². The molecule has 0 spiro atoms. The van der Waals surface area contributed by atoms with Crippen LogP contribution in [-0.2, 0) is 6.42 Å². The molecule has 2 N–H and O–H groups in total. The second-order valence-electron chi connectivity index (χ2n) is 5.90. The number of fused-ring (bicyclic) bond motifs is 4. The molecule has 2 nitrogen and oxygen atoms in total. The number of hydrogen-bond donors (Lipinski definition) is 1. The van der Waals surface area contributed by atoms with Crippen molar-refractivity contribution < 1.29 is 0 Å².